The molecule has 0 atom stereocenters. The lowest BCUT2D eigenvalue weighted by molar-refractivity contribution is -0.139. The highest BCUT2D eigenvalue weighted by Gasteiger charge is 2.36. The maximum absolute atomic E-state index is 12.8. The van der Waals surface area contributed by atoms with E-state index in [1.54, 1.807) is 0 Å². The topological polar surface area (TPSA) is 26.0 Å². The van der Waals surface area contributed by atoms with Crippen LogP contribution in [0.3, 0.4) is 0 Å². The molecule has 0 bridgehead atoms. The van der Waals surface area contributed by atoms with Crippen LogP contribution >= 0.6 is 0 Å². The Morgan fingerprint density at radius 2 is 1.77 bits per heavy atom. The summed E-state index contributed by atoms with van der Waals surface area (Å²) in [4.78, 5) is 0. The van der Waals surface area contributed by atoms with Crippen molar-refractivity contribution in [1.29, 1.82) is 0 Å². The zero-order valence-electron chi connectivity index (χ0n) is 6.74. The number of alkyl halides is 3. The number of anilines is 1. The number of hydrogen-bond acceptors (Lipinski definition) is 1. The highest BCUT2D eigenvalue weighted by atomic mass is 19.4. The molecule has 0 saturated carbocycles. The van der Waals surface area contributed by atoms with Crippen molar-refractivity contribution in [2.45, 2.75) is 13.1 Å². The van der Waals surface area contributed by atoms with Crippen molar-refractivity contribution in [1.82, 2.24) is 0 Å². The van der Waals surface area contributed by atoms with E-state index in [1.165, 1.54) is 6.92 Å². The average Bonchev–Trinajstić information content (AvgIpc) is 1.78. The Bertz CT molecular complexity index is 306. The first-order chi connectivity index (χ1) is 5.82. The minimum atomic E-state index is -4.73. The molecule has 0 aromatic heterocycles. The second kappa shape index (κ2) is 2.90. The van der Waals surface area contributed by atoms with Gasteiger partial charge in [0.2, 0.25) is 0 Å². The van der Waals surface area contributed by atoms with E-state index in [4.69, 9.17) is 5.73 Å². The van der Waals surface area contributed by atoms with Gasteiger partial charge in [0.05, 0.1) is 0 Å². The number of nitrogens with two attached hydrogens (primary N) is 1. The molecular formula is C8H7F4N. The van der Waals surface area contributed by atoms with Gasteiger partial charge in [0.15, 0.2) is 0 Å². The Kier molecular flexibility index (Phi) is 2.19. The normalized spacial score (nSPS) is 11.8. The summed E-state index contributed by atoms with van der Waals surface area (Å²) in [6.07, 6.45) is -4.73. The van der Waals surface area contributed by atoms with Crippen LogP contribution in [0, 0.1) is 12.7 Å². The Labute approximate surface area is 72.2 Å². The molecular weight excluding hydrogens is 186 g/mol. The van der Waals surface area contributed by atoms with Crippen LogP contribution in [-0.2, 0) is 6.18 Å². The molecule has 1 rings (SSSR count). The Balaban J connectivity index is 3.38. The number of halogens is 4. The van der Waals surface area contributed by atoms with Crippen molar-refractivity contribution in [3.63, 3.8) is 0 Å². The molecule has 13 heavy (non-hydrogen) atoms. The molecule has 0 heterocycles. The largest absolute Gasteiger partial charge is 0.421 e. The van der Waals surface area contributed by atoms with E-state index in [0.29, 0.717) is 5.56 Å². The Morgan fingerprint density at radius 1 is 1.23 bits per heavy atom. The third-order valence-electron chi connectivity index (χ3n) is 1.55. The quantitative estimate of drug-likeness (QED) is 0.497. The van der Waals surface area contributed by atoms with E-state index in [9.17, 15) is 17.6 Å². The molecule has 1 aromatic rings. The van der Waals surface area contributed by atoms with Gasteiger partial charge in [-0.3, -0.25) is 0 Å². The van der Waals surface area contributed by atoms with Gasteiger partial charge in [0, 0.05) is 5.69 Å². The Hall–Kier alpha value is -1.26. The second-order valence-corrected chi connectivity index (χ2v) is 2.71. The van der Waals surface area contributed by atoms with E-state index in [2.05, 4.69) is 0 Å². The standard InChI is InChI=1S/C8H7F4N/c1-4-2-5(9)7(6(13)3-4)8(10,11)12/h2-3H,13H2,1H3. The summed E-state index contributed by atoms with van der Waals surface area (Å²) in [7, 11) is 0. The summed E-state index contributed by atoms with van der Waals surface area (Å²) >= 11 is 0. The fourth-order valence-corrected chi connectivity index (χ4v) is 1.07. The minimum Gasteiger partial charge on any atom is -0.398 e. The van der Waals surface area contributed by atoms with Crippen LogP contribution < -0.4 is 5.73 Å². The molecule has 72 valence electrons. The number of aryl methyl sites for hydroxylation is 1. The average molecular weight is 193 g/mol. The summed E-state index contributed by atoms with van der Waals surface area (Å²) in [5, 5.41) is 0. The molecule has 0 aliphatic rings. The molecule has 0 amide bonds. The maximum Gasteiger partial charge on any atom is 0.421 e. The first-order valence-electron chi connectivity index (χ1n) is 3.45. The van der Waals surface area contributed by atoms with Gasteiger partial charge >= 0.3 is 6.18 Å². The molecule has 0 spiro atoms. The molecule has 0 aliphatic carbocycles. The monoisotopic (exact) mass is 193 g/mol. The van der Waals surface area contributed by atoms with Crippen LogP contribution in [0.2, 0.25) is 0 Å². The third-order valence-corrected chi connectivity index (χ3v) is 1.55. The molecule has 0 aliphatic heterocycles. The van der Waals surface area contributed by atoms with Gasteiger partial charge in [-0.2, -0.15) is 13.2 Å². The number of benzene rings is 1. The van der Waals surface area contributed by atoms with Gasteiger partial charge in [-0.1, -0.05) is 0 Å². The van der Waals surface area contributed by atoms with E-state index < -0.39 is 23.2 Å². The smallest absolute Gasteiger partial charge is 0.398 e. The SMILES string of the molecule is Cc1cc(N)c(C(F)(F)F)c(F)c1. The van der Waals surface area contributed by atoms with Crippen LogP contribution in [0.5, 0.6) is 0 Å². The highest BCUT2D eigenvalue weighted by Crippen LogP contribution is 2.35. The molecule has 0 fully saturated rings. The van der Waals surface area contributed by atoms with Gasteiger partial charge in [0.1, 0.15) is 11.4 Å². The lowest BCUT2D eigenvalue weighted by Gasteiger charge is -2.11. The highest BCUT2D eigenvalue weighted by molar-refractivity contribution is 5.51. The number of rotatable bonds is 0. The predicted molar refractivity (Wildman–Crippen MR) is 40.6 cm³/mol. The van der Waals surface area contributed by atoms with E-state index in [0.717, 1.165) is 12.1 Å². The number of nitrogen functional groups attached to an aromatic ring is 1. The molecule has 0 radical (unpaired) electrons. The zero-order chi connectivity index (χ0) is 10.2. The molecule has 5 heteroatoms. The van der Waals surface area contributed by atoms with Crippen molar-refractivity contribution in [3.05, 3.63) is 29.1 Å². The molecule has 1 aromatic carbocycles. The summed E-state index contributed by atoms with van der Waals surface area (Å²) in [6.45, 7) is 1.47. The van der Waals surface area contributed by atoms with Crippen LogP contribution in [0.1, 0.15) is 11.1 Å². The van der Waals surface area contributed by atoms with E-state index in [-0.39, 0.29) is 0 Å². The van der Waals surface area contributed by atoms with Crippen molar-refractivity contribution < 1.29 is 17.6 Å². The molecule has 1 nitrogen and oxygen atoms in total. The van der Waals surface area contributed by atoms with Gasteiger partial charge in [-0.05, 0) is 24.6 Å². The fraction of sp³-hybridized carbons (Fsp3) is 0.250. The van der Waals surface area contributed by atoms with Gasteiger partial charge in [-0.25, -0.2) is 4.39 Å². The predicted octanol–water partition coefficient (Wildman–Crippen LogP) is 2.74. The lowest BCUT2D eigenvalue weighted by atomic mass is 10.1. The molecule has 2 N–H and O–H groups in total. The Morgan fingerprint density at radius 3 is 2.15 bits per heavy atom. The van der Waals surface area contributed by atoms with Crippen LogP contribution in [0.4, 0.5) is 23.2 Å². The summed E-state index contributed by atoms with van der Waals surface area (Å²) < 4.78 is 49.2. The summed E-state index contributed by atoms with van der Waals surface area (Å²) in [5.41, 5.74) is 3.44. The van der Waals surface area contributed by atoms with Gasteiger partial charge in [0.25, 0.3) is 0 Å². The van der Waals surface area contributed by atoms with Crippen molar-refractivity contribution in [3.8, 4) is 0 Å². The van der Waals surface area contributed by atoms with Gasteiger partial charge in [-0.15, -0.1) is 0 Å². The van der Waals surface area contributed by atoms with E-state index >= 15 is 0 Å². The zero-order valence-corrected chi connectivity index (χ0v) is 6.74. The van der Waals surface area contributed by atoms with Crippen LogP contribution in [0.15, 0.2) is 12.1 Å². The van der Waals surface area contributed by atoms with Crippen LogP contribution in [-0.4, -0.2) is 0 Å². The minimum absolute atomic E-state index is 0.364. The first kappa shape index (κ1) is 9.83. The lowest BCUT2D eigenvalue weighted by Crippen LogP contribution is -2.12. The first-order valence-corrected chi connectivity index (χ1v) is 3.45. The van der Waals surface area contributed by atoms with Crippen molar-refractivity contribution >= 4 is 5.69 Å². The second-order valence-electron chi connectivity index (χ2n) is 2.71. The third kappa shape index (κ3) is 1.91. The molecule has 0 unspecified atom stereocenters. The number of hydrogen-bond donors (Lipinski definition) is 1. The van der Waals surface area contributed by atoms with Crippen LogP contribution in [0.25, 0.3) is 0 Å². The molecule has 0 saturated heterocycles. The summed E-state index contributed by atoms with van der Waals surface area (Å²) in [5.74, 6) is -1.33. The van der Waals surface area contributed by atoms with E-state index in [1.807, 2.05) is 0 Å². The van der Waals surface area contributed by atoms with Crippen molar-refractivity contribution in [2.75, 3.05) is 5.73 Å². The van der Waals surface area contributed by atoms with Crippen molar-refractivity contribution in [2.24, 2.45) is 0 Å². The summed E-state index contributed by atoms with van der Waals surface area (Å²) in [6, 6.07) is 1.89. The maximum atomic E-state index is 12.8. The van der Waals surface area contributed by atoms with Gasteiger partial charge < -0.3 is 5.73 Å². The fourth-order valence-electron chi connectivity index (χ4n) is 1.07.